The van der Waals surface area contributed by atoms with Gasteiger partial charge in [0.1, 0.15) is 0 Å². The molecule has 1 heterocycles. The molecular formula is C12H15N3O2. The van der Waals surface area contributed by atoms with Crippen molar-refractivity contribution in [1.29, 1.82) is 0 Å². The molecule has 1 aromatic carbocycles. The molecule has 1 N–H and O–H groups in total. The van der Waals surface area contributed by atoms with Crippen molar-refractivity contribution in [2.24, 2.45) is 0 Å². The van der Waals surface area contributed by atoms with Crippen LogP contribution in [0.1, 0.15) is 6.92 Å². The first-order valence-electron chi connectivity index (χ1n) is 5.41. The predicted octanol–water partition coefficient (Wildman–Crippen LogP) is 2.18. The fourth-order valence-corrected chi connectivity index (χ4v) is 1.58. The number of nitrogens with one attached hydrogen (secondary N) is 1. The Morgan fingerprint density at radius 2 is 2.12 bits per heavy atom. The van der Waals surface area contributed by atoms with E-state index in [1.165, 1.54) is 6.39 Å². The number of methoxy groups -OCH3 is 1. The molecule has 0 fully saturated rings. The summed E-state index contributed by atoms with van der Waals surface area (Å²) in [6.07, 6.45) is 1.32. The Morgan fingerprint density at radius 3 is 2.71 bits per heavy atom. The molecule has 0 bridgehead atoms. The molecule has 2 aromatic rings. The third-order valence-electron chi connectivity index (χ3n) is 2.32. The molecule has 0 aliphatic heterocycles. The van der Waals surface area contributed by atoms with Crippen molar-refractivity contribution in [3.05, 3.63) is 30.7 Å². The molecule has 2 rings (SSSR count). The molecule has 0 saturated carbocycles. The smallest absolute Gasteiger partial charge is 0.247 e. The lowest BCUT2D eigenvalue weighted by molar-refractivity contribution is 0.190. The minimum atomic E-state index is 0.272. The molecule has 0 radical (unpaired) electrons. The highest BCUT2D eigenvalue weighted by Crippen LogP contribution is 2.19. The van der Waals surface area contributed by atoms with Gasteiger partial charge in [-0.05, 0) is 31.2 Å². The predicted molar refractivity (Wildman–Crippen MR) is 64.7 cm³/mol. The molecule has 0 amide bonds. The van der Waals surface area contributed by atoms with Crippen LogP contribution in [-0.4, -0.2) is 30.0 Å². The average molecular weight is 233 g/mol. The number of aromatic nitrogens is 2. The summed E-state index contributed by atoms with van der Waals surface area (Å²) in [6, 6.07) is 8.11. The molecule has 0 saturated heterocycles. The van der Waals surface area contributed by atoms with E-state index >= 15 is 0 Å². The van der Waals surface area contributed by atoms with Crippen molar-refractivity contribution >= 4 is 5.69 Å². The SMILES string of the molecule is COCC(C)Nc1ccc(-c2nnco2)cc1. The van der Waals surface area contributed by atoms with Crippen LogP contribution in [0.15, 0.2) is 35.1 Å². The second-order valence-electron chi connectivity index (χ2n) is 3.82. The lowest BCUT2D eigenvalue weighted by Crippen LogP contribution is -2.20. The zero-order chi connectivity index (χ0) is 12.1. The summed E-state index contributed by atoms with van der Waals surface area (Å²) < 4.78 is 10.2. The number of ether oxygens (including phenoxy) is 1. The summed E-state index contributed by atoms with van der Waals surface area (Å²) in [5, 5.41) is 10.8. The molecule has 0 spiro atoms. The van der Waals surface area contributed by atoms with Crippen LogP contribution in [0.4, 0.5) is 5.69 Å². The Morgan fingerprint density at radius 1 is 1.35 bits per heavy atom. The first-order valence-corrected chi connectivity index (χ1v) is 5.41. The Hall–Kier alpha value is -1.88. The number of benzene rings is 1. The van der Waals surface area contributed by atoms with Crippen LogP contribution in [0.2, 0.25) is 0 Å². The molecule has 5 nitrogen and oxygen atoms in total. The van der Waals surface area contributed by atoms with E-state index in [2.05, 4.69) is 22.4 Å². The number of rotatable bonds is 5. The topological polar surface area (TPSA) is 60.2 Å². The van der Waals surface area contributed by atoms with E-state index in [0.717, 1.165) is 11.3 Å². The van der Waals surface area contributed by atoms with Crippen molar-refractivity contribution in [1.82, 2.24) is 10.2 Å². The Labute approximate surface area is 99.8 Å². The number of anilines is 1. The summed E-state index contributed by atoms with van der Waals surface area (Å²) in [5.41, 5.74) is 1.95. The quantitative estimate of drug-likeness (QED) is 0.857. The zero-order valence-electron chi connectivity index (χ0n) is 9.88. The van der Waals surface area contributed by atoms with E-state index in [1.807, 2.05) is 24.3 Å². The van der Waals surface area contributed by atoms with Gasteiger partial charge in [0.05, 0.1) is 6.61 Å². The third kappa shape index (κ3) is 3.04. The maximum Gasteiger partial charge on any atom is 0.247 e. The molecule has 1 aromatic heterocycles. The fourth-order valence-electron chi connectivity index (χ4n) is 1.58. The van der Waals surface area contributed by atoms with Gasteiger partial charge >= 0.3 is 0 Å². The maximum absolute atomic E-state index is 5.12. The first-order chi connectivity index (χ1) is 8.29. The van der Waals surface area contributed by atoms with Crippen molar-refractivity contribution in [2.45, 2.75) is 13.0 Å². The van der Waals surface area contributed by atoms with Gasteiger partial charge in [-0.25, -0.2) is 0 Å². The summed E-state index contributed by atoms with van der Waals surface area (Å²) in [6.45, 7) is 2.74. The third-order valence-corrected chi connectivity index (χ3v) is 2.32. The van der Waals surface area contributed by atoms with Crippen LogP contribution in [0, 0.1) is 0 Å². The minimum Gasteiger partial charge on any atom is -0.423 e. The highest BCUT2D eigenvalue weighted by atomic mass is 16.5. The van der Waals surface area contributed by atoms with E-state index in [-0.39, 0.29) is 6.04 Å². The van der Waals surface area contributed by atoms with Gasteiger partial charge in [-0.3, -0.25) is 0 Å². The summed E-state index contributed by atoms with van der Waals surface area (Å²) in [4.78, 5) is 0. The van der Waals surface area contributed by atoms with E-state index in [4.69, 9.17) is 9.15 Å². The van der Waals surface area contributed by atoms with Crippen LogP contribution in [0.3, 0.4) is 0 Å². The molecule has 0 aliphatic rings. The molecule has 1 atom stereocenters. The molecule has 17 heavy (non-hydrogen) atoms. The van der Waals surface area contributed by atoms with E-state index in [0.29, 0.717) is 12.5 Å². The average Bonchev–Trinajstić information content (AvgIpc) is 2.84. The van der Waals surface area contributed by atoms with Gasteiger partial charge in [0.25, 0.3) is 0 Å². The molecule has 0 aliphatic carbocycles. The lowest BCUT2D eigenvalue weighted by atomic mass is 10.2. The van der Waals surface area contributed by atoms with Crippen molar-refractivity contribution in [3.8, 4) is 11.5 Å². The Kier molecular flexibility index (Phi) is 3.72. The van der Waals surface area contributed by atoms with Crippen LogP contribution >= 0.6 is 0 Å². The molecule has 5 heteroatoms. The molecule has 1 unspecified atom stereocenters. The van der Waals surface area contributed by atoms with Crippen molar-refractivity contribution in [2.75, 3.05) is 19.0 Å². The highest BCUT2D eigenvalue weighted by molar-refractivity contribution is 5.58. The lowest BCUT2D eigenvalue weighted by Gasteiger charge is -2.14. The monoisotopic (exact) mass is 233 g/mol. The number of hydrogen-bond donors (Lipinski definition) is 1. The van der Waals surface area contributed by atoms with Crippen LogP contribution in [0.25, 0.3) is 11.5 Å². The van der Waals surface area contributed by atoms with Crippen LogP contribution < -0.4 is 5.32 Å². The minimum absolute atomic E-state index is 0.272. The van der Waals surface area contributed by atoms with Crippen molar-refractivity contribution in [3.63, 3.8) is 0 Å². The van der Waals surface area contributed by atoms with E-state index in [9.17, 15) is 0 Å². The van der Waals surface area contributed by atoms with E-state index < -0.39 is 0 Å². The van der Waals surface area contributed by atoms with Gasteiger partial charge in [0.2, 0.25) is 12.3 Å². The second kappa shape index (κ2) is 5.45. The fraction of sp³-hybridized carbons (Fsp3) is 0.333. The summed E-state index contributed by atoms with van der Waals surface area (Å²) >= 11 is 0. The maximum atomic E-state index is 5.12. The normalized spacial score (nSPS) is 12.4. The van der Waals surface area contributed by atoms with Crippen LogP contribution in [0.5, 0.6) is 0 Å². The van der Waals surface area contributed by atoms with E-state index in [1.54, 1.807) is 7.11 Å². The van der Waals surface area contributed by atoms with Gasteiger partial charge in [-0.1, -0.05) is 0 Å². The molecular weight excluding hydrogens is 218 g/mol. The molecule has 90 valence electrons. The Balaban J connectivity index is 2.03. The second-order valence-corrected chi connectivity index (χ2v) is 3.82. The van der Waals surface area contributed by atoms with Crippen LogP contribution in [-0.2, 0) is 4.74 Å². The van der Waals surface area contributed by atoms with Gasteiger partial charge in [-0.15, -0.1) is 10.2 Å². The van der Waals surface area contributed by atoms with Gasteiger partial charge in [0.15, 0.2) is 0 Å². The summed E-state index contributed by atoms with van der Waals surface area (Å²) in [5.74, 6) is 0.529. The number of hydrogen-bond acceptors (Lipinski definition) is 5. The standard InChI is InChI=1S/C12H15N3O2/c1-9(7-16-2)14-11-5-3-10(4-6-11)12-15-13-8-17-12/h3-6,8-9,14H,7H2,1-2H3. The number of nitrogens with zero attached hydrogens (tertiary/aromatic N) is 2. The first kappa shape index (κ1) is 11.6. The largest absolute Gasteiger partial charge is 0.423 e. The van der Waals surface area contributed by atoms with Gasteiger partial charge in [0, 0.05) is 24.4 Å². The van der Waals surface area contributed by atoms with Crippen molar-refractivity contribution < 1.29 is 9.15 Å². The highest BCUT2D eigenvalue weighted by Gasteiger charge is 2.04. The Bertz CT molecular complexity index is 439. The van der Waals surface area contributed by atoms with Gasteiger partial charge in [-0.2, -0.15) is 0 Å². The van der Waals surface area contributed by atoms with Gasteiger partial charge < -0.3 is 14.5 Å². The zero-order valence-corrected chi connectivity index (χ0v) is 9.88. The summed E-state index contributed by atoms with van der Waals surface area (Å²) in [7, 11) is 1.69.